The molecule has 0 fully saturated rings. The normalized spacial score (nSPS) is 11.8. The Bertz CT molecular complexity index is 712. The first-order chi connectivity index (χ1) is 10.4. The first-order valence-corrected chi connectivity index (χ1v) is 6.99. The first-order valence-electron chi connectivity index (χ1n) is 6.61. The first kappa shape index (κ1) is 16.0. The summed E-state index contributed by atoms with van der Waals surface area (Å²) in [6, 6.07) is 8.10. The number of nitrogens with zero attached hydrogens (tertiary/aromatic N) is 2. The van der Waals surface area contributed by atoms with Gasteiger partial charge in [0.05, 0.1) is 12.8 Å². The molecule has 1 unspecified atom stereocenters. The molecule has 1 N–H and O–H groups in total. The lowest BCUT2D eigenvalue weighted by Gasteiger charge is -2.11. The highest BCUT2D eigenvalue weighted by Gasteiger charge is 2.20. The second-order valence-corrected chi connectivity index (χ2v) is 5.20. The largest absolute Gasteiger partial charge is 0.467 e. The standard InChI is InChI=1S/C15H16ClN3O3/c1-9(15(21)22-3)17-14(20)13-8-12(18-19(13)2)10-5-4-6-11(16)7-10/h4-9H,1-3H3,(H,17,20). The highest BCUT2D eigenvalue weighted by atomic mass is 35.5. The maximum atomic E-state index is 12.2. The summed E-state index contributed by atoms with van der Waals surface area (Å²) in [5, 5.41) is 7.45. The van der Waals surface area contributed by atoms with Crippen LogP contribution in [0.5, 0.6) is 0 Å². The Balaban J connectivity index is 2.23. The van der Waals surface area contributed by atoms with Gasteiger partial charge in [0.2, 0.25) is 0 Å². The van der Waals surface area contributed by atoms with E-state index in [0.29, 0.717) is 16.4 Å². The molecule has 2 aromatic rings. The molecule has 0 saturated carbocycles. The second-order valence-electron chi connectivity index (χ2n) is 4.77. The Morgan fingerprint density at radius 1 is 1.36 bits per heavy atom. The maximum absolute atomic E-state index is 12.2. The van der Waals surface area contributed by atoms with Crippen LogP contribution in [0.2, 0.25) is 5.02 Å². The van der Waals surface area contributed by atoms with Crippen LogP contribution in [0.4, 0.5) is 0 Å². The zero-order valence-corrected chi connectivity index (χ0v) is 13.2. The van der Waals surface area contributed by atoms with E-state index < -0.39 is 17.9 Å². The van der Waals surface area contributed by atoms with Crippen LogP contribution in [-0.2, 0) is 16.6 Å². The molecular formula is C15H16ClN3O3. The van der Waals surface area contributed by atoms with Crippen molar-refractivity contribution in [1.82, 2.24) is 15.1 Å². The van der Waals surface area contributed by atoms with Crippen molar-refractivity contribution in [3.63, 3.8) is 0 Å². The summed E-state index contributed by atoms with van der Waals surface area (Å²) in [6.07, 6.45) is 0. The Morgan fingerprint density at radius 2 is 2.09 bits per heavy atom. The highest BCUT2D eigenvalue weighted by molar-refractivity contribution is 6.30. The van der Waals surface area contributed by atoms with Crippen LogP contribution in [0.3, 0.4) is 0 Å². The molecule has 0 aliphatic rings. The van der Waals surface area contributed by atoms with Crippen molar-refractivity contribution in [3.05, 3.63) is 41.0 Å². The van der Waals surface area contributed by atoms with Gasteiger partial charge in [0.15, 0.2) is 0 Å². The van der Waals surface area contributed by atoms with E-state index in [1.165, 1.54) is 11.8 Å². The third kappa shape index (κ3) is 3.46. The molecule has 0 radical (unpaired) electrons. The minimum absolute atomic E-state index is 0.339. The molecule has 1 aromatic heterocycles. The lowest BCUT2D eigenvalue weighted by atomic mass is 10.1. The van der Waals surface area contributed by atoms with Crippen LogP contribution in [0, 0.1) is 0 Å². The molecule has 0 saturated heterocycles. The summed E-state index contributed by atoms with van der Waals surface area (Å²) in [5.41, 5.74) is 1.77. The lowest BCUT2D eigenvalue weighted by Crippen LogP contribution is -2.39. The summed E-state index contributed by atoms with van der Waals surface area (Å²) < 4.78 is 6.03. The van der Waals surface area contributed by atoms with Gasteiger partial charge in [-0.25, -0.2) is 4.79 Å². The van der Waals surface area contributed by atoms with E-state index in [-0.39, 0.29) is 0 Å². The number of aromatic nitrogens is 2. The van der Waals surface area contributed by atoms with Crippen LogP contribution < -0.4 is 5.32 Å². The van der Waals surface area contributed by atoms with Crippen LogP contribution in [-0.4, -0.2) is 34.8 Å². The van der Waals surface area contributed by atoms with Gasteiger partial charge in [0, 0.05) is 17.6 Å². The molecule has 2 rings (SSSR count). The van der Waals surface area contributed by atoms with Crippen LogP contribution in [0.25, 0.3) is 11.3 Å². The van der Waals surface area contributed by atoms with Crippen molar-refractivity contribution >= 4 is 23.5 Å². The van der Waals surface area contributed by atoms with E-state index >= 15 is 0 Å². The Morgan fingerprint density at radius 3 is 2.73 bits per heavy atom. The van der Waals surface area contributed by atoms with Crippen LogP contribution in [0.1, 0.15) is 17.4 Å². The fraction of sp³-hybridized carbons (Fsp3) is 0.267. The minimum Gasteiger partial charge on any atom is -0.467 e. The molecule has 1 amide bonds. The number of aryl methyl sites for hydroxylation is 1. The number of amides is 1. The molecule has 1 aromatic carbocycles. The molecule has 0 aliphatic heterocycles. The zero-order chi connectivity index (χ0) is 16.3. The fourth-order valence-electron chi connectivity index (χ4n) is 1.97. The molecule has 1 heterocycles. The van der Waals surface area contributed by atoms with Gasteiger partial charge in [0.25, 0.3) is 5.91 Å². The third-order valence-corrected chi connectivity index (χ3v) is 3.37. The number of rotatable bonds is 4. The fourth-order valence-corrected chi connectivity index (χ4v) is 2.17. The topological polar surface area (TPSA) is 73.2 Å². The molecule has 22 heavy (non-hydrogen) atoms. The second kappa shape index (κ2) is 6.62. The number of hydrogen-bond donors (Lipinski definition) is 1. The molecular weight excluding hydrogens is 306 g/mol. The zero-order valence-electron chi connectivity index (χ0n) is 12.5. The number of methoxy groups -OCH3 is 1. The summed E-state index contributed by atoms with van der Waals surface area (Å²) in [4.78, 5) is 23.6. The number of ether oxygens (including phenoxy) is 1. The number of nitrogens with one attached hydrogen (secondary N) is 1. The van der Waals surface area contributed by atoms with E-state index in [4.69, 9.17) is 11.6 Å². The van der Waals surface area contributed by atoms with Gasteiger partial charge in [-0.2, -0.15) is 5.10 Å². The smallest absolute Gasteiger partial charge is 0.328 e. The van der Waals surface area contributed by atoms with E-state index in [0.717, 1.165) is 5.56 Å². The number of esters is 1. The Labute approximate surface area is 133 Å². The molecule has 0 bridgehead atoms. The third-order valence-electron chi connectivity index (χ3n) is 3.14. The van der Waals surface area contributed by atoms with Gasteiger partial charge < -0.3 is 10.1 Å². The van der Waals surface area contributed by atoms with Crippen molar-refractivity contribution in [2.24, 2.45) is 7.05 Å². The number of carbonyl (C=O) groups is 2. The Kier molecular flexibility index (Phi) is 4.82. The lowest BCUT2D eigenvalue weighted by molar-refractivity contribution is -0.142. The van der Waals surface area contributed by atoms with Crippen molar-refractivity contribution in [3.8, 4) is 11.3 Å². The van der Waals surface area contributed by atoms with Crippen molar-refractivity contribution < 1.29 is 14.3 Å². The summed E-state index contributed by atoms with van der Waals surface area (Å²) >= 11 is 5.96. The van der Waals surface area contributed by atoms with Crippen LogP contribution >= 0.6 is 11.6 Å². The van der Waals surface area contributed by atoms with Crippen molar-refractivity contribution in [2.75, 3.05) is 7.11 Å². The summed E-state index contributed by atoms with van der Waals surface area (Å²) in [7, 11) is 2.93. The average molecular weight is 322 g/mol. The van der Waals surface area contributed by atoms with Crippen molar-refractivity contribution in [2.45, 2.75) is 13.0 Å². The summed E-state index contributed by atoms with van der Waals surface area (Å²) in [6.45, 7) is 1.55. The number of carbonyl (C=O) groups excluding carboxylic acids is 2. The van der Waals surface area contributed by atoms with Gasteiger partial charge in [-0.05, 0) is 25.1 Å². The molecule has 1 atom stereocenters. The highest BCUT2D eigenvalue weighted by Crippen LogP contribution is 2.22. The minimum atomic E-state index is -0.734. The predicted molar refractivity (Wildman–Crippen MR) is 82.6 cm³/mol. The van der Waals surface area contributed by atoms with Gasteiger partial charge in [-0.1, -0.05) is 23.7 Å². The SMILES string of the molecule is COC(=O)C(C)NC(=O)c1cc(-c2cccc(Cl)c2)nn1C. The number of halogens is 1. The average Bonchev–Trinajstić information content (AvgIpc) is 2.88. The van der Waals surface area contributed by atoms with Gasteiger partial charge in [0.1, 0.15) is 11.7 Å². The number of hydrogen-bond acceptors (Lipinski definition) is 4. The molecule has 7 heteroatoms. The summed E-state index contributed by atoms with van der Waals surface area (Å²) in [5.74, 6) is -0.910. The predicted octanol–water partition coefficient (Wildman–Crippen LogP) is 2.03. The van der Waals surface area contributed by atoms with E-state index in [2.05, 4.69) is 15.2 Å². The Hall–Kier alpha value is -2.34. The molecule has 0 aliphatic carbocycles. The van der Waals surface area contributed by atoms with E-state index in [9.17, 15) is 9.59 Å². The molecule has 116 valence electrons. The van der Waals surface area contributed by atoms with Crippen LogP contribution in [0.15, 0.2) is 30.3 Å². The van der Waals surface area contributed by atoms with Gasteiger partial charge >= 0.3 is 5.97 Å². The van der Waals surface area contributed by atoms with Crippen molar-refractivity contribution in [1.29, 1.82) is 0 Å². The maximum Gasteiger partial charge on any atom is 0.328 e. The monoisotopic (exact) mass is 321 g/mol. The number of benzene rings is 1. The van der Waals surface area contributed by atoms with Gasteiger partial charge in [-0.15, -0.1) is 0 Å². The molecule has 6 nitrogen and oxygen atoms in total. The van der Waals surface area contributed by atoms with E-state index in [1.807, 2.05) is 12.1 Å². The van der Waals surface area contributed by atoms with E-state index in [1.54, 1.807) is 32.2 Å². The quantitative estimate of drug-likeness (QED) is 0.875. The molecule has 0 spiro atoms. The van der Waals surface area contributed by atoms with Gasteiger partial charge in [-0.3, -0.25) is 9.48 Å².